The lowest BCUT2D eigenvalue weighted by Gasteiger charge is -2.16. The summed E-state index contributed by atoms with van der Waals surface area (Å²) in [5.74, 6) is -3.96. The van der Waals surface area contributed by atoms with E-state index in [-0.39, 0.29) is 18.6 Å². The molecule has 0 bridgehead atoms. The molecular weight excluding hydrogens is 402 g/mol. The van der Waals surface area contributed by atoms with Gasteiger partial charge in [-0.2, -0.15) is 0 Å². The molecule has 156 valence electrons. The van der Waals surface area contributed by atoms with E-state index in [1.165, 1.54) is 6.20 Å². The molecule has 6 nitrogen and oxygen atoms in total. The number of hydrogen-bond donors (Lipinski definition) is 0. The molecule has 1 aromatic carbocycles. The van der Waals surface area contributed by atoms with Crippen LogP contribution >= 0.6 is 0 Å². The molecule has 2 aromatic heterocycles. The summed E-state index contributed by atoms with van der Waals surface area (Å²) in [6, 6.07) is 10.9. The molecule has 0 aliphatic carbocycles. The van der Waals surface area contributed by atoms with Crippen molar-refractivity contribution in [3.63, 3.8) is 0 Å². The third-order valence-electron chi connectivity index (χ3n) is 5.31. The molecule has 31 heavy (non-hydrogen) atoms. The summed E-state index contributed by atoms with van der Waals surface area (Å²) in [7, 11) is 0. The van der Waals surface area contributed by atoms with Crippen molar-refractivity contribution in [2.75, 3.05) is 6.54 Å². The van der Waals surface area contributed by atoms with Crippen LogP contribution in [0.1, 0.15) is 29.6 Å². The first kappa shape index (κ1) is 20.5. The highest BCUT2D eigenvalue weighted by Gasteiger charge is 2.50. The fourth-order valence-electron chi connectivity index (χ4n) is 3.77. The zero-order valence-corrected chi connectivity index (χ0v) is 16.5. The smallest absolute Gasteiger partial charge is 0.294 e. The van der Waals surface area contributed by atoms with E-state index in [0.717, 1.165) is 16.0 Å². The van der Waals surface area contributed by atoms with Gasteiger partial charge in [0, 0.05) is 47.9 Å². The van der Waals surface area contributed by atoms with Crippen LogP contribution in [0.25, 0.3) is 26.9 Å². The molecular formula is C23H18F2N4O2. The average Bonchev–Trinajstić information content (AvgIpc) is 3.11. The van der Waals surface area contributed by atoms with E-state index in [4.69, 9.17) is 6.57 Å². The molecule has 0 N–H and O–H groups in total. The Morgan fingerprint density at radius 3 is 2.74 bits per heavy atom. The van der Waals surface area contributed by atoms with Gasteiger partial charge in [0.25, 0.3) is 5.92 Å². The van der Waals surface area contributed by atoms with Crippen LogP contribution in [0, 0.1) is 6.57 Å². The maximum absolute atomic E-state index is 13.6. The summed E-state index contributed by atoms with van der Waals surface area (Å²) in [6.45, 7) is 6.27. The van der Waals surface area contributed by atoms with Crippen molar-refractivity contribution in [3.8, 4) is 11.1 Å². The SMILES string of the molecule is [C-]#[N+][C@@H]1CC(F)(F)CN1C(=O)CCC(=O)c1ccnc2ccc(-c3cccnc3)cc12. The predicted molar refractivity (Wildman–Crippen MR) is 110 cm³/mol. The molecule has 8 heteroatoms. The Hall–Kier alpha value is -3.73. The summed E-state index contributed by atoms with van der Waals surface area (Å²) in [4.78, 5) is 37.7. The highest BCUT2D eigenvalue weighted by Crippen LogP contribution is 2.33. The maximum atomic E-state index is 13.6. The van der Waals surface area contributed by atoms with Crippen molar-refractivity contribution >= 4 is 22.6 Å². The minimum Gasteiger partial charge on any atom is -0.294 e. The Bertz CT molecular complexity index is 1190. The highest BCUT2D eigenvalue weighted by molar-refractivity contribution is 6.08. The number of ketones is 1. The Kier molecular flexibility index (Phi) is 5.42. The van der Waals surface area contributed by atoms with Gasteiger partial charge in [0.05, 0.1) is 12.1 Å². The number of carbonyl (C=O) groups excluding carboxylic acids is 2. The average molecular weight is 420 g/mol. The van der Waals surface area contributed by atoms with Crippen molar-refractivity contribution in [1.29, 1.82) is 0 Å². The molecule has 1 atom stereocenters. The van der Waals surface area contributed by atoms with Crippen LogP contribution in [-0.2, 0) is 4.79 Å². The van der Waals surface area contributed by atoms with Crippen LogP contribution in [0.4, 0.5) is 8.78 Å². The Balaban J connectivity index is 1.54. The van der Waals surface area contributed by atoms with Crippen LogP contribution in [0.5, 0.6) is 0 Å². The summed E-state index contributed by atoms with van der Waals surface area (Å²) in [6.07, 6.45) is 2.71. The lowest BCUT2D eigenvalue weighted by molar-refractivity contribution is -0.132. The van der Waals surface area contributed by atoms with Gasteiger partial charge in [-0.1, -0.05) is 12.1 Å². The zero-order valence-electron chi connectivity index (χ0n) is 16.5. The predicted octanol–water partition coefficient (Wildman–Crippen LogP) is 4.37. The van der Waals surface area contributed by atoms with Gasteiger partial charge in [-0.15, -0.1) is 0 Å². The number of hydrogen-bond acceptors (Lipinski definition) is 4. The van der Waals surface area contributed by atoms with Crippen LogP contribution in [0.3, 0.4) is 0 Å². The summed E-state index contributed by atoms with van der Waals surface area (Å²) >= 11 is 0. The number of Topliss-reactive ketones (excluding diaryl/α,β-unsaturated/α-hetero) is 1. The number of fused-ring (bicyclic) bond motifs is 1. The molecule has 0 unspecified atom stereocenters. The van der Waals surface area contributed by atoms with E-state index in [9.17, 15) is 18.4 Å². The van der Waals surface area contributed by atoms with Crippen LogP contribution in [0.2, 0.25) is 0 Å². The normalized spacial score (nSPS) is 17.5. The number of halogens is 2. The fourth-order valence-corrected chi connectivity index (χ4v) is 3.77. The Morgan fingerprint density at radius 1 is 1.16 bits per heavy atom. The standard InChI is InChI=1S/C23H18F2N4O2/c1-26-21-12-23(24,25)14-29(21)22(31)7-6-20(30)17-8-10-28-19-5-4-15(11-18(17)19)16-3-2-9-27-13-16/h2-5,8-11,13,21H,6-7,12,14H2/t21-/m0/s1. The van der Waals surface area contributed by atoms with Gasteiger partial charge in [0.15, 0.2) is 5.78 Å². The molecule has 4 rings (SSSR count). The van der Waals surface area contributed by atoms with E-state index >= 15 is 0 Å². The molecule has 1 saturated heterocycles. The quantitative estimate of drug-likeness (QED) is 0.454. The zero-order chi connectivity index (χ0) is 22.0. The first-order valence-electron chi connectivity index (χ1n) is 9.74. The molecule has 0 spiro atoms. The molecule has 1 aliphatic rings. The number of amides is 1. The number of aromatic nitrogens is 2. The van der Waals surface area contributed by atoms with Crippen LogP contribution < -0.4 is 0 Å². The number of carbonyl (C=O) groups is 2. The Morgan fingerprint density at radius 2 is 2.00 bits per heavy atom. The number of likely N-dealkylation sites (tertiary alicyclic amines) is 1. The second kappa shape index (κ2) is 8.19. The van der Waals surface area contributed by atoms with Gasteiger partial charge in [-0.25, -0.2) is 15.4 Å². The van der Waals surface area contributed by atoms with Gasteiger partial charge in [-0.3, -0.25) is 29.3 Å². The van der Waals surface area contributed by atoms with Crippen LogP contribution in [-0.4, -0.2) is 45.2 Å². The minimum atomic E-state index is -3.07. The number of alkyl halides is 2. The topological polar surface area (TPSA) is 67.5 Å². The lowest BCUT2D eigenvalue weighted by Crippen LogP contribution is -2.35. The second-order valence-corrected chi connectivity index (χ2v) is 7.45. The van der Waals surface area contributed by atoms with Crippen molar-refractivity contribution in [3.05, 3.63) is 72.0 Å². The number of rotatable bonds is 5. The van der Waals surface area contributed by atoms with E-state index < -0.39 is 31.0 Å². The summed E-state index contributed by atoms with van der Waals surface area (Å²) in [5, 5.41) is 0.646. The van der Waals surface area contributed by atoms with E-state index in [2.05, 4.69) is 14.8 Å². The van der Waals surface area contributed by atoms with Gasteiger partial charge in [0.2, 0.25) is 5.91 Å². The third-order valence-corrected chi connectivity index (χ3v) is 5.31. The third kappa shape index (κ3) is 4.26. The number of benzene rings is 1. The number of nitrogens with zero attached hydrogens (tertiary/aromatic N) is 4. The molecule has 1 fully saturated rings. The molecule has 1 aliphatic heterocycles. The van der Waals surface area contributed by atoms with E-state index in [0.29, 0.717) is 16.5 Å². The Labute approximate surface area is 177 Å². The highest BCUT2D eigenvalue weighted by atomic mass is 19.3. The van der Waals surface area contributed by atoms with Crippen molar-refractivity contribution in [2.45, 2.75) is 31.4 Å². The fraction of sp³-hybridized carbons (Fsp3) is 0.261. The van der Waals surface area contributed by atoms with Gasteiger partial charge in [-0.05, 0) is 29.8 Å². The summed E-state index contributed by atoms with van der Waals surface area (Å²) in [5.41, 5.74) is 2.81. The molecule has 3 aromatic rings. The van der Waals surface area contributed by atoms with E-state index in [1.54, 1.807) is 18.5 Å². The van der Waals surface area contributed by atoms with Crippen LogP contribution in [0.15, 0.2) is 55.0 Å². The van der Waals surface area contributed by atoms with Crippen molar-refractivity contribution in [1.82, 2.24) is 14.9 Å². The first-order chi connectivity index (χ1) is 14.9. The first-order valence-corrected chi connectivity index (χ1v) is 9.74. The monoisotopic (exact) mass is 420 g/mol. The lowest BCUT2D eigenvalue weighted by atomic mass is 9.98. The maximum Gasteiger partial charge on any atom is 0.306 e. The minimum absolute atomic E-state index is 0.137. The molecule has 1 amide bonds. The largest absolute Gasteiger partial charge is 0.306 e. The van der Waals surface area contributed by atoms with Gasteiger partial charge >= 0.3 is 6.17 Å². The van der Waals surface area contributed by atoms with Crippen molar-refractivity contribution in [2.24, 2.45) is 0 Å². The molecule has 3 heterocycles. The molecule has 0 radical (unpaired) electrons. The van der Waals surface area contributed by atoms with Crippen molar-refractivity contribution < 1.29 is 18.4 Å². The summed E-state index contributed by atoms with van der Waals surface area (Å²) < 4.78 is 27.2. The van der Waals surface area contributed by atoms with E-state index in [1.807, 2.05) is 30.3 Å². The second-order valence-electron chi connectivity index (χ2n) is 7.45. The number of pyridine rings is 2. The van der Waals surface area contributed by atoms with Gasteiger partial charge < -0.3 is 0 Å². The molecule has 0 saturated carbocycles. The van der Waals surface area contributed by atoms with Gasteiger partial charge in [0.1, 0.15) is 6.42 Å².